The normalized spacial score (nSPS) is 9.95. The van der Waals surface area contributed by atoms with E-state index >= 15 is 0 Å². The van der Waals surface area contributed by atoms with Crippen molar-refractivity contribution in [1.29, 1.82) is 0 Å². The van der Waals surface area contributed by atoms with Gasteiger partial charge in [0.1, 0.15) is 5.69 Å². The van der Waals surface area contributed by atoms with Crippen LogP contribution < -0.4 is 16.2 Å². The summed E-state index contributed by atoms with van der Waals surface area (Å²) in [6, 6.07) is 7.32. The maximum Gasteiger partial charge on any atom is 0.337 e. The van der Waals surface area contributed by atoms with Crippen LogP contribution in [0.1, 0.15) is 16.2 Å². The molecule has 22 heavy (non-hydrogen) atoms. The summed E-state index contributed by atoms with van der Waals surface area (Å²) in [6.07, 6.45) is 0. The van der Waals surface area contributed by atoms with E-state index in [0.29, 0.717) is 16.4 Å². The van der Waals surface area contributed by atoms with Gasteiger partial charge in [-0.3, -0.25) is 10.2 Å². The molecular formula is C13H11Cl2N5O2. The van der Waals surface area contributed by atoms with Crippen LogP contribution in [0, 0.1) is 6.92 Å². The average molecular weight is 340 g/mol. The zero-order chi connectivity index (χ0) is 16.1. The van der Waals surface area contributed by atoms with Gasteiger partial charge in [0.25, 0.3) is 5.91 Å². The first kappa shape index (κ1) is 16.0. The van der Waals surface area contributed by atoms with Crippen molar-refractivity contribution < 1.29 is 9.59 Å². The smallest absolute Gasteiger partial charge is 0.307 e. The van der Waals surface area contributed by atoms with Crippen molar-refractivity contribution in [1.82, 2.24) is 20.8 Å². The van der Waals surface area contributed by atoms with Crippen LogP contribution >= 0.6 is 23.2 Å². The molecule has 0 radical (unpaired) electrons. The molecule has 1 heterocycles. The van der Waals surface area contributed by atoms with Gasteiger partial charge in [0, 0.05) is 16.4 Å². The molecular weight excluding hydrogens is 329 g/mol. The molecule has 0 spiro atoms. The second-order valence-electron chi connectivity index (χ2n) is 4.20. The summed E-state index contributed by atoms with van der Waals surface area (Å²) in [7, 11) is 0. The molecule has 0 atom stereocenters. The molecule has 0 aliphatic carbocycles. The number of carbonyl (C=O) groups excluding carboxylic acids is 2. The highest BCUT2D eigenvalue weighted by atomic mass is 35.5. The molecule has 0 saturated heterocycles. The summed E-state index contributed by atoms with van der Waals surface area (Å²) in [4.78, 5) is 31.1. The molecule has 1 aromatic heterocycles. The van der Waals surface area contributed by atoms with Gasteiger partial charge in [-0.15, -0.1) is 0 Å². The Labute approximate surface area is 136 Å². The van der Waals surface area contributed by atoms with E-state index in [1.165, 1.54) is 6.07 Å². The standard InChI is InChI=1S/C13H11Cl2N5O2/c1-7-6-10(18-12(15)16-7)11(21)19-20-13(22)17-9-4-2-8(14)3-5-9/h2-6H,1H3,(H,19,21)(H2,17,20,22). The number of nitrogens with one attached hydrogen (secondary N) is 3. The number of anilines is 1. The Morgan fingerprint density at radius 3 is 2.36 bits per heavy atom. The fourth-order valence-corrected chi connectivity index (χ4v) is 1.87. The van der Waals surface area contributed by atoms with Crippen LogP contribution in [0.2, 0.25) is 10.3 Å². The zero-order valence-electron chi connectivity index (χ0n) is 11.4. The second kappa shape index (κ2) is 7.06. The van der Waals surface area contributed by atoms with Gasteiger partial charge in [-0.25, -0.2) is 20.2 Å². The van der Waals surface area contributed by atoms with Gasteiger partial charge in [-0.1, -0.05) is 11.6 Å². The molecule has 0 saturated carbocycles. The molecule has 0 bridgehead atoms. The number of rotatable bonds is 2. The topological polar surface area (TPSA) is 96.0 Å². The molecule has 3 N–H and O–H groups in total. The van der Waals surface area contributed by atoms with Gasteiger partial charge in [0.05, 0.1) is 0 Å². The summed E-state index contributed by atoms with van der Waals surface area (Å²) in [5.74, 6) is -0.612. The summed E-state index contributed by atoms with van der Waals surface area (Å²) in [5, 5.41) is 3.02. The Kier molecular flexibility index (Phi) is 5.13. The molecule has 7 nitrogen and oxygen atoms in total. The number of hydrogen-bond donors (Lipinski definition) is 3. The van der Waals surface area contributed by atoms with E-state index in [-0.39, 0.29) is 11.0 Å². The molecule has 0 aliphatic heterocycles. The number of aryl methyl sites for hydroxylation is 1. The van der Waals surface area contributed by atoms with E-state index in [0.717, 1.165) is 0 Å². The van der Waals surface area contributed by atoms with Gasteiger partial charge in [-0.05, 0) is 48.9 Å². The van der Waals surface area contributed by atoms with Crippen LogP contribution in [0.25, 0.3) is 0 Å². The first-order valence-corrected chi connectivity index (χ1v) is 6.84. The minimum absolute atomic E-state index is 0.0456. The van der Waals surface area contributed by atoms with E-state index in [1.807, 2.05) is 0 Å². The molecule has 1 aromatic carbocycles. The Bertz CT molecular complexity index is 686. The Morgan fingerprint density at radius 1 is 1.05 bits per heavy atom. The van der Waals surface area contributed by atoms with Crippen molar-refractivity contribution in [3.63, 3.8) is 0 Å². The SMILES string of the molecule is Cc1cc(C(=O)NNC(=O)Nc2ccc(Cl)cc2)nc(Cl)n1. The van der Waals surface area contributed by atoms with Crippen LogP contribution in [0.15, 0.2) is 30.3 Å². The minimum Gasteiger partial charge on any atom is -0.307 e. The van der Waals surface area contributed by atoms with Gasteiger partial charge in [-0.2, -0.15) is 0 Å². The fraction of sp³-hybridized carbons (Fsp3) is 0.0769. The maximum absolute atomic E-state index is 11.8. The lowest BCUT2D eigenvalue weighted by atomic mass is 10.3. The van der Waals surface area contributed by atoms with Crippen LogP contribution in [0.4, 0.5) is 10.5 Å². The highest BCUT2D eigenvalue weighted by Gasteiger charge is 2.11. The third-order valence-electron chi connectivity index (χ3n) is 2.45. The van der Waals surface area contributed by atoms with E-state index in [4.69, 9.17) is 23.2 Å². The highest BCUT2D eigenvalue weighted by molar-refractivity contribution is 6.30. The van der Waals surface area contributed by atoms with Crippen LogP contribution in [0.5, 0.6) is 0 Å². The first-order valence-electron chi connectivity index (χ1n) is 6.08. The minimum atomic E-state index is -0.618. The quantitative estimate of drug-likeness (QED) is 0.578. The first-order chi connectivity index (χ1) is 10.4. The predicted octanol–water partition coefficient (Wildman–Crippen LogP) is 2.56. The van der Waals surface area contributed by atoms with E-state index in [1.54, 1.807) is 31.2 Å². The van der Waals surface area contributed by atoms with Crippen LogP contribution in [-0.2, 0) is 0 Å². The van der Waals surface area contributed by atoms with Crippen molar-refractivity contribution in [3.05, 3.63) is 52.0 Å². The van der Waals surface area contributed by atoms with E-state index < -0.39 is 11.9 Å². The maximum atomic E-state index is 11.8. The lowest BCUT2D eigenvalue weighted by molar-refractivity contribution is 0.0932. The average Bonchev–Trinajstić information content (AvgIpc) is 2.46. The number of urea groups is 1. The fourth-order valence-electron chi connectivity index (χ4n) is 1.52. The number of hydrazine groups is 1. The monoisotopic (exact) mass is 339 g/mol. The molecule has 0 fully saturated rings. The number of halogens is 2. The molecule has 3 amide bonds. The number of benzene rings is 1. The van der Waals surface area contributed by atoms with Gasteiger partial charge in [0.15, 0.2) is 0 Å². The van der Waals surface area contributed by atoms with Crippen molar-refractivity contribution in [2.24, 2.45) is 0 Å². The van der Waals surface area contributed by atoms with Crippen LogP contribution in [0.3, 0.4) is 0 Å². The second-order valence-corrected chi connectivity index (χ2v) is 4.98. The lowest BCUT2D eigenvalue weighted by Crippen LogP contribution is -2.44. The van der Waals surface area contributed by atoms with Crippen molar-refractivity contribution in [3.8, 4) is 0 Å². The number of nitrogens with zero attached hydrogens (tertiary/aromatic N) is 2. The van der Waals surface area contributed by atoms with Gasteiger partial charge >= 0.3 is 6.03 Å². The zero-order valence-corrected chi connectivity index (χ0v) is 12.9. The van der Waals surface area contributed by atoms with E-state index in [2.05, 4.69) is 26.1 Å². The molecule has 2 aromatic rings. The van der Waals surface area contributed by atoms with Gasteiger partial charge < -0.3 is 5.32 Å². The Hall–Kier alpha value is -2.38. The molecule has 9 heteroatoms. The van der Waals surface area contributed by atoms with Crippen molar-refractivity contribution >= 4 is 40.8 Å². The number of aromatic nitrogens is 2. The molecule has 0 unspecified atom stereocenters. The molecule has 114 valence electrons. The van der Waals surface area contributed by atoms with Gasteiger partial charge in [0.2, 0.25) is 5.28 Å². The number of carbonyl (C=O) groups is 2. The van der Waals surface area contributed by atoms with Crippen LogP contribution in [-0.4, -0.2) is 21.9 Å². The third kappa shape index (κ3) is 4.57. The summed E-state index contributed by atoms with van der Waals surface area (Å²) >= 11 is 11.4. The highest BCUT2D eigenvalue weighted by Crippen LogP contribution is 2.13. The molecule has 2 rings (SSSR count). The summed E-state index contributed by atoms with van der Waals surface area (Å²) < 4.78 is 0. The largest absolute Gasteiger partial charge is 0.337 e. The molecule has 0 aliphatic rings. The number of amides is 3. The van der Waals surface area contributed by atoms with E-state index in [9.17, 15) is 9.59 Å². The predicted molar refractivity (Wildman–Crippen MR) is 82.9 cm³/mol. The Morgan fingerprint density at radius 2 is 1.73 bits per heavy atom. The third-order valence-corrected chi connectivity index (χ3v) is 2.87. The summed E-state index contributed by atoms with van der Waals surface area (Å²) in [6.45, 7) is 1.67. The Balaban J connectivity index is 1.90. The van der Waals surface area contributed by atoms with Crippen molar-refractivity contribution in [2.75, 3.05) is 5.32 Å². The summed E-state index contributed by atoms with van der Waals surface area (Å²) in [5.41, 5.74) is 5.51. The number of hydrogen-bond acceptors (Lipinski definition) is 4. The van der Waals surface area contributed by atoms with Crippen molar-refractivity contribution in [2.45, 2.75) is 6.92 Å². The lowest BCUT2D eigenvalue weighted by Gasteiger charge is -2.09.